The minimum Gasteiger partial charge on any atom is -0.497 e. The van der Waals surface area contributed by atoms with Gasteiger partial charge in [0.15, 0.2) is 0 Å². The van der Waals surface area contributed by atoms with Crippen LogP contribution in [0.4, 0.5) is 11.4 Å². The molecule has 0 bridgehead atoms. The zero-order valence-corrected chi connectivity index (χ0v) is 12.0. The zero-order chi connectivity index (χ0) is 15.2. The third kappa shape index (κ3) is 3.63. The highest BCUT2D eigenvalue weighted by Gasteiger charge is 2.07. The third-order valence-electron chi connectivity index (χ3n) is 3.16. The van der Waals surface area contributed by atoms with Crippen molar-refractivity contribution in [2.45, 2.75) is 0 Å². The second-order valence-electron chi connectivity index (χ2n) is 4.49. The first-order valence-corrected chi connectivity index (χ1v) is 6.49. The Bertz CT molecular complexity index is 647. The van der Waals surface area contributed by atoms with Crippen LogP contribution < -0.4 is 9.64 Å². The molecule has 2 aromatic carbocycles. The Morgan fingerprint density at radius 2 is 1.81 bits per heavy atom. The van der Waals surface area contributed by atoms with E-state index in [2.05, 4.69) is 0 Å². The molecule has 0 spiro atoms. The number of carbonyl (C=O) groups is 1. The molecule has 0 amide bonds. The molecule has 4 heteroatoms. The van der Waals surface area contributed by atoms with Crippen molar-refractivity contribution in [3.63, 3.8) is 0 Å². The molecule has 0 saturated heterocycles. The minimum atomic E-state index is -0.961. The van der Waals surface area contributed by atoms with Crippen LogP contribution in [0, 0.1) is 0 Å². The van der Waals surface area contributed by atoms with Crippen LogP contribution in [0.15, 0.2) is 54.6 Å². The van der Waals surface area contributed by atoms with Crippen molar-refractivity contribution < 1.29 is 14.6 Å². The van der Waals surface area contributed by atoms with Crippen molar-refractivity contribution in [1.82, 2.24) is 0 Å². The van der Waals surface area contributed by atoms with Crippen LogP contribution in [-0.2, 0) is 4.79 Å². The summed E-state index contributed by atoms with van der Waals surface area (Å²) in [4.78, 5) is 12.7. The number of nitrogens with zero attached hydrogens (tertiary/aromatic N) is 1. The molecule has 2 rings (SSSR count). The highest BCUT2D eigenvalue weighted by atomic mass is 16.5. The van der Waals surface area contributed by atoms with Gasteiger partial charge in [-0.05, 0) is 42.0 Å². The molecule has 4 nitrogen and oxygen atoms in total. The molecule has 0 aliphatic rings. The van der Waals surface area contributed by atoms with E-state index in [-0.39, 0.29) is 0 Å². The average Bonchev–Trinajstić information content (AvgIpc) is 2.52. The van der Waals surface area contributed by atoms with Gasteiger partial charge in [0.05, 0.1) is 7.11 Å². The molecule has 0 unspecified atom stereocenters. The van der Waals surface area contributed by atoms with Crippen molar-refractivity contribution in [2.24, 2.45) is 0 Å². The number of ether oxygens (including phenoxy) is 1. The van der Waals surface area contributed by atoms with E-state index >= 15 is 0 Å². The molecule has 0 fully saturated rings. The number of methoxy groups -OCH3 is 1. The van der Waals surface area contributed by atoms with Crippen LogP contribution in [0.3, 0.4) is 0 Å². The van der Waals surface area contributed by atoms with Crippen molar-refractivity contribution in [3.05, 3.63) is 60.2 Å². The number of hydrogen-bond acceptors (Lipinski definition) is 3. The summed E-state index contributed by atoms with van der Waals surface area (Å²) in [6.07, 6.45) is 2.73. The van der Waals surface area contributed by atoms with Crippen LogP contribution in [0.25, 0.3) is 6.08 Å². The fourth-order valence-corrected chi connectivity index (χ4v) is 2.04. The van der Waals surface area contributed by atoms with E-state index in [4.69, 9.17) is 9.84 Å². The lowest BCUT2D eigenvalue weighted by Gasteiger charge is -2.21. The topological polar surface area (TPSA) is 49.8 Å². The van der Waals surface area contributed by atoms with Crippen molar-refractivity contribution >= 4 is 23.4 Å². The lowest BCUT2D eigenvalue weighted by molar-refractivity contribution is -0.131. The Hall–Kier alpha value is -2.75. The first kappa shape index (κ1) is 14.7. The molecule has 0 heterocycles. The van der Waals surface area contributed by atoms with E-state index in [1.54, 1.807) is 13.2 Å². The summed E-state index contributed by atoms with van der Waals surface area (Å²) >= 11 is 0. The molecule has 0 radical (unpaired) electrons. The monoisotopic (exact) mass is 283 g/mol. The highest BCUT2D eigenvalue weighted by molar-refractivity contribution is 5.87. The number of hydrogen-bond donors (Lipinski definition) is 1. The van der Waals surface area contributed by atoms with Crippen molar-refractivity contribution in [3.8, 4) is 5.75 Å². The van der Waals surface area contributed by atoms with Gasteiger partial charge in [-0.2, -0.15) is 0 Å². The van der Waals surface area contributed by atoms with Crippen molar-refractivity contribution in [1.29, 1.82) is 0 Å². The fraction of sp³-hybridized carbons (Fsp3) is 0.118. The Kier molecular flexibility index (Phi) is 4.61. The number of carboxylic acid groups (broad SMARTS) is 1. The van der Waals surface area contributed by atoms with Crippen molar-refractivity contribution in [2.75, 3.05) is 19.1 Å². The van der Waals surface area contributed by atoms with Gasteiger partial charge in [0.1, 0.15) is 5.75 Å². The number of anilines is 2. The molecule has 0 aliphatic heterocycles. The van der Waals surface area contributed by atoms with Crippen LogP contribution >= 0.6 is 0 Å². The highest BCUT2D eigenvalue weighted by Crippen LogP contribution is 2.29. The van der Waals surface area contributed by atoms with Crippen LogP contribution in [0.5, 0.6) is 5.75 Å². The van der Waals surface area contributed by atoms with Gasteiger partial charge < -0.3 is 14.7 Å². The summed E-state index contributed by atoms with van der Waals surface area (Å²) in [6, 6.07) is 15.3. The van der Waals surface area contributed by atoms with E-state index < -0.39 is 5.97 Å². The molecule has 21 heavy (non-hydrogen) atoms. The van der Waals surface area contributed by atoms with E-state index in [9.17, 15) is 4.79 Å². The molecular formula is C17H17NO3. The summed E-state index contributed by atoms with van der Waals surface area (Å²) < 4.78 is 5.15. The van der Waals surface area contributed by atoms with Gasteiger partial charge in [0.2, 0.25) is 0 Å². The molecule has 0 saturated carbocycles. The third-order valence-corrected chi connectivity index (χ3v) is 3.16. The Balaban J connectivity index is 2.33. The molecule has 0 atom stereocenters. The normalized spacial score (nSPS) is 10.6. The molecule has 2 aromatic rings. The SMILES string of the molecule is COc1ccc(N(C)c2ccccc2C=CC(=O)O)cc1. The van der Waals surface area contributed by atoms with E-state index in [0.29, 0.717) is 0 Å². The maximum absolute atomic E-state index is 10.7. The maximum Gasteiger partial charge on any atom is 0.328 e. The van der Waals surface area contributed by atoms with Gasteiger partial charge in [0.25, 0.3) is 0 Å². The molecule has 1 N–H and O–H groups in total. The fourth-order valence-electron chi connectivity index (χ4n) is 2.04. The number of carboxylic acids is 1. The number of rotatable bonds is 5. The predicted molar refractivity (Wildman–Crippen MR) is 84.2 cm³/mol. The van der Waals surface area contributed by atoms with Crippen LogP contribution in [0.2, 0.25) is 0 Å². The van der Waals surface area contributed by atoms with E-state index in [1.807, 2.05) is 60.5 Å². The Labute approximate surface area is 123 Å². The number of benzene rings is 2. The van der Waals surface area contributed by atoms with E-state index in [1.165, 1.54) is 0 Å². The van der Waals surface area contributed by atoms with Gasteiger partial charge in [-0.15, -0.1) is 0 Å². The van der Waals surface area contributed by atoms with Gasteiger partial charge >= 0.3 is 5.97 Å². The summed E-state index contributed by atoms with van der Waals surface area (Å²) in [5, 5.41) is 8.76. The summed E-state index contributed by atoms with van der Waals surface area (Å²) in [6.45, 7) is 0. The molecule has 0 aromatic heterocycles. The van der Waals surface area contributed by atoms with Gasteiger partial charge in [-0.3, -0.25) is 0 Å². The average molecular weight is 283 g/mol. The van der Waals surface area contributed by atoms with Crippen LogP contribution in [0.1, 0.15) is 5.56 Å². The summed E-state index contributed by atoms with van der Waals surface area (Å²) in [5.74, 6) is -0.164. The van der Waals surface area contributed by atoms with Gasteiger partial charge in [-0.25, -0.2) is 4.79 Å². The molecule has 0 aliphatic carbocycles. The zero-order valence-electron chi connectivity index (χ0n) is 12.0. The Morgan fingerprint density at radius 1 is 1.14 bits per heavy atom. The van der Waals surface area contributed by atoms with Gasteiger partial charge in [0, 0.05) is 24.5 Å². The largest absolute Gasteiger partial charge is 0.497 e. The first-order valence-electron chi connectivity index (χ1n) is 6.49. The maximum atomic E-state index is 10.7. The minimum absolute atomic E-state index is 0.797. The summed E-state index contributed by atoms with van der Waals surface area (Å²) in [7, 11) is 3.57. The molecule has 108 valence electrons. The van der Waals surface area contributed by atoms with Gasteiger partial charge in [-0.1, -0.05) is 18.2 Å². The second kappa shape index (κ2) is 6.61. The standard InChI is InChI=1S/C17H17NO3/c1-18(14-8-10-15(21-2)11-9-14)16-6-4-3-5-13(16)7-12-17(19)20/h3-12H,1-2H3,(H,19,20). The second-order valence-corrected chi connectivity index (χ2v) is 4.49. The Morgan fingerprint density at radius 3 is 2.43 bits per heavy atom. The lowest BCUT2D eigenvalue weighted by atomic mass is 10.1. The predicted octanol–water partition coefficient (Wildman–Crippen LogP) is 3.56. The molecular weight excluding hydrogens is 266 g/mol. The quantitative estimate of drug-likeness (QED) is 0.852. The number of para-hydroxylation sites is 1. The first-order chi connectivity index (χ1) is 10.1. The smallest absolute Gasteiger partial charge is 0.328 e. The summed E-state index contributed by atoms with van der Waals surface area (Å²) in [5.41, 5.74) is 2.77. The lowest BCUT2D eigenvalue weighted by Crippen LogP contribution is -2.10. The van der Waals surface area contributed by atoms with Crippen LogP contribution in [-0.4, -0.2) is 25.2 Å². The van der Waals surface area contributed by atoms with E-state index in [0.717, 1.165) is 28.8 Å². The number of aliphatic carboxylic acids is 1.